The molecule has 1 amide bonds. The van der Waals surface area contributed by atoms with Gasteiger partial charge in [0.05, 0.1) is 0 Å². The first-order valence-electron chi connectivity index (χ1n) is 4.98. The quantitative estimate of drug-likeness (QED) is 0.710. The van der Waals surface area contributed by atoms with Crippen molar-refractivity contribution in [2.24, 2.45) is 11.1 Å². The van der Waals surface area contributed by atoms with Crippen molar-refractivity contribution in [1.82, 2.24) is 4.90 Å². The summed E-state index contributed by atoms with van der Waals surface area (Å²) in [5, 5.41) is 0. The molecule has 2 N–H and O–H groups in total. The average molecular weight is 184 g/mol. The molecule has 0 aromatic carbocycles. The Hall–Kier alpha value is -0.570. The third-order valence-electron chi connectivity index (χ3n) is 2.26. The maximum absolute atomic E-state index is 11.9. The van der Waals surface area contributed by atoms with Gasteiger partial charge in [0.15, 0.2) is 0 Å². The SMILES string of the molecule is CC(C)(C)C(=O)N(CCN)C1CC1. The minimum Gasteiger partial charge on any atom is -0.338 e. The number of carbonyl (C=O) groups is 1. The van der Waals surface area contributed by atoms with E-state index in [4.69, 9.17) is 5.73 Å². The summed E-state index contributed by atoms with van der Waals surface area (Å²) in [5.41, 5.74) is 5.22. The van der Waals surface area contributed by atoms with Gasteiger partial charge in [0, 0.05) is 24.5 Å². The largest absolute Gasteiger partial charge is 0.338 e. The molecule has 0 saturated heterocycles. The van der Waals surface area contributed by atoms with Crippen LogP contribution in [-0.4, -0.2) is 29.9 Å². The summed E-state index contributed by atoms with van der Waals surface area (Å²) in [7, 11) is 0. The summed E-state index contributed by atoms with van der Waals surface area (Å²) in [6.45, 7) is 7.16. The van der Waals surface area contributed by atoms with Crippen LogP contribution >= 0.6 is 0 Å². The van der Waals surface area contributed by atoms with Gasteiger partial charge in [-0.2, -0.15) is 0 Å². The van der Waals surface area contributed by atoms with Gasteiger partial charge in [-0.3, -0.25) is 4.79 Å². The molecule has 3 nitrogen and oxygen atoms in total. The van der Waals surface area contributed by atoms with Gasteiger partial charge in [-0.15, -0.1) is 0 Å². The standard InChI is InChI=1S/C10H20N2O/c1-10(2,3)9(13)12(7-6-11)8-4-5-8/h8H,4-7,11H2,1-3H3. The van der Waals surface area contributed by atoms with Crippen molar-refractivity contribution in [3.63, 3.8) is 0 Å². The average Bonchev–Trinajstić information content (AvgIpc) is 2.79. The molecule has 0 spiro atoms. The predicted octanol–water partition coefficient (Wildman–Crippen LogP) is 0.982. The molecule has 0 aliphatic heterocycles. The van der Waals surface area contributed by atoms with Gasteiger partial charge in [0.1, 0.15) is 0 Å². The second-order valence-electron chi connectivity index (χ2n) is 4.77. The number of hydrogen-bond acceptors (Lipinski definition) is 2. The van der Waals surface area contributed by atoms with E-state index in [1.54, 1.807) is 0 Å². The Morgan fingerprint density at radius 3 is 2.31 bits per heavy atom. The topological polar surface area (TPSA) is 46.3 Å². The maximum Gasteiger partial charge on any atom is 0.228 e. The van der Waals surface area contributed by atoms with Crippen LogP contribution in [0.4, 0.5) is 0 Å². The van der Waals surface area contributed by atoms with E-state index in [0.717, 1.165) is 12.8 Å². The van der Waals surface area contributed by atoms with Gasteiger partial charge in [-0.25, -0.2) is 0 Å². The lowest BCUT2D eigenvalue weighted by Gasteiger charge is -2.29. The number of rotatable bonds is 3. The second-order valence-corrected chi connectivity index (χ2v) is 4.77. The molecule has 76 valence electrons. The molecule has 13 heavy (non-hydrogen) atoms. The van der Waals surface area contributed by atoms with Crippen LogP contribution in [0.3, 0.4) is 0 Å². The van der Waals surface area contributed by atoms with Crippen LogP contribution in [0.1, 0.15) is 33.6 Å². The lowest BCUT2D eigenvalue weighted by molar-refractivity contribution is -0.139. The molecule has 0 radical (unpaired) electrons. The summed E-state index contributed by atoms with van der Waals surface area (Å²) in [5.74, 6) is 0.237. The normalized spacial score (nSPS) is 17.2. The van der Waals surface area contributed by atoms with Crippen LogP contribution in [0.25, 0.3) is 0 Å². The molecule has 1 aliphatic carbocycles. The molecule has 1 fully saturated rings. The summed E-state index contributed by atoms with van der Waals surface area (Å²) in [4.78, 5) is 13.9. The Labute approximate surface area is 80.3 Å². The molecule has 1 rings (SSSR count). The molecular formula is C10H20N2O. The van der Waals surface area contributed by atoms with Gasteiger partial charge in [0.2, 0.25) is 5.91 Å². The number of nitrogens with zero attached hydrogens (tertiary/aromatic N) is 1. The minimum absolute atomic E-state index is 0.237. The van der Waals surface area contributed by atoms with Crippen LogP contribution in [0.2, 0.25) is 0 Å². The van der Waals surface area contributed by atoms with Crippen molar-refractivity contribution in [3.05, 3.63) is 0 Å². The zero-order chi connectivity index (χ0) is 10.1. The fraction of sp³-hybridized carbons (Fsp3) is 0.900. The highest BCUT2D eigenvalue weighted by atomic mass is 16.2. The van der Waals surface area contributed by atoms with Gasteiger partial charge >= 0.3 is 0 Å². The van der Waals surface area contributed by atoms with Crippen LogP contribution in [0.15, 0.2) is 0 Å². The van der Waals surface area contributed by atoms with Crippen LogP contribution in [0.5, 0.6) is 0 Å². The number of nitrogens with two attached hydrogens (primary N) is 1. The highest BCUT2D eigenvalue weighted by Gasteiger charge is 2.36. The van der Waals surface area contributed by atoms with E-state index in [-0.39, 0.29) is 11.3 Å². The monoisotopic (exact) mass is 184 g/mol. The van der Waals surface area contributed by atoms with Crippen LogP contribution in [-0.2, 0) is 4.79 Å². The lowest BCUT2D eigenvalue weighted by atomic mass is 9.94. The fourth-order valence-electron chi connectivity index (χ4n) is 1.41. The highest BCUT2D eigenvalue weighted by molar-refractivity contribution is 5.82. The first-order chi connectivity index (χ1) is 5.96. The van der Waals surface area contributed by atoms with Gasteiger partial charge < -0.3 is 10.6 Å². The Balaban J connectivity index is 2.58. The lowest BCUT2D eigenvalue weighted by Crippen LogP contribution is -2.43. The van der Waals surface area contributed by atoms with E-state index >= 15 is 0 Å². The predicted molar refractivity (Wildman–Crippen MR) is 53.2 cm³/mol. The van der Waals surface area contributed by atoms with Crippen molar-refractivity contribution >= 4 is 5.91 Å². The first kappa shape index (κ1) is 10.5. The molecule has 3 heteroatoms. The summed E-state index contributed by atoms with van der Waals surface area (Å²) < 4.78 is 0. The van der Waals surface area contributed by atoms with Gasteiger partial charge in [0.25, 0.3) is 0 Å². The number of amides is 1. The van der Waals surface area contributed by atoms with E-state index in [1.165, 1.54) is 0 Å². The molecule has 1 aliphatic rings. The van der Waals surface area contributed by atoms with E-state index in [2.05, 4.69) is 0 Å². The maximum atomic E-state index is 11.9. The van der Waals surface area contributed by atoms with Gasteiger partial charge in [-0.1, -0.05) is 20.8 Å². The molecular weight excluding hydrogens is 164 g/mol. The van der Waals surface area contributed by atoms with E-state index < -0.39 is 0 Å². The molecule has 0 unspecified atom stereocenters. The highest BCUT2D eigenvalue weighted by Crippen LogP contribution is 2.30. The Kier molecular flexibility index (Phi) is 2.96. The Morgan fingerprint density at radius 1 is 1.46 bits per heavy atom. The first-order valence-corrected chi connectivity index (χ1v) is 4.98. The third-order valence-corrected chi connectivity index (χ3v) is 2.26. The minimum atomic E-state index is -0.266. The Morgan fingerprint density at radius 2 is 2.00 bits per heavy atom. The number of hydrogen-bond donors (Lipinski definition) is 1. The third kappa shape index (κ3) is 2.69. The zero-order valence-corrected chi connectivity index (χ0v) is 8.84. The van der Waals surface area contributed by atoms with Crippen molar-refractivity contribution in [2.45, 2.75) is 39.7 Å². The van der Waals surface area contributed by atoms with Crippen molar-refractivity contribution < 1.29 is 4.79 Å². The van der Waals surface area contributed by atoms with E-state index in [9.17, 15) is 4.79 Å². The number of carbonyl (C=O) groups excluding carboxylic acids is 1. The zero-order valence-electron chi connectivity index (χ0n) is 8.84. The summed E-state index contributed by atoms with van der Waals surface area (Å²) >= 11 is 0. The molecule has 0 atom stereocenters. The van der Waals surface area contributed by atoms with E-state index in [0.29, 0.717) is 19.1 Å². The smallest absolute Gasteiger partial charge is 0.228 e. The summed E-state index contributed by atoms with van der Waals surface area (Å²) in [6.07, 6.45) is 2.31. The second kappa shape index (κ2) is 3.66. The summed E-state index contributed by atoms with van der Waals surface area (Å²) in [6, 6.07) is 0.482. The van der Waals surface area contributed by atoms with Crippen LogP contribution in [0, 0.1) is 5.41 Å². The van der Waals surface area contributed by atoms with Gasteiger partial charge in [-0.05, 0) is 12.8 Å². The van der Waals surface area contributed by atoms with Crippen LogP contribution < -0.4 is 5.73 Å². The van der Waals surface area contributed by atoms with Crippen molar-refractivity contribution in [1.29, 1.82) is 0 Å². The molecule has 0 aromatic rings. The molecule has 1 saturated carbocycles. The molecule has 0 heterocycles. The molecule has 0 aromatic heterocycles. The fourth-order valence-corrected chi connectivity index (χ4v) is 1.41. The molecule has 0 bridgehead atoms. The Bertz CT molecular complexity index is 192. The van der Waals surface area contributed by atoms with Crippen molar-refractivity contribution in [3.8, 4) is 0 Å². The van der Waals surface area contributed by atoms with Crippen molar-refractivity contribution in [2.75, 3.05) is 13.1 Å². The van der Waals surface area contributed by atoms with E-state index in [1.807, 2.05) is 25.7 Å².